The van der Waals surface area contributed by atoms with Crippen molar-refractivity contribution in [1.82, 2.24) is 14.8 Å². The summed E-state index contributed by atoms with van der Waals surface area (Å²) in [4.78, 5) is 19.6. The lowest BCUT2D eigenvalue weighted by Crippen LogP contribution is -2.37. The van der Waals surface area contributed by atoms with E-state index in [9.17, 15) is 4.79 Å². The van der Waals surface area contributed by atoms with Gasteiger partial charge in [0.1, 0.15) is 11.3 Å². The van der Waals surface area contributed by atoms with Gasteiger partial charge in [-0.2, -0.15) is 5.10 Å². The molecule has 0 aliphatic carbocycles. The van der Waals surface area contributed by atoms with Crippen LogP contribution in [0.25, 0.3) is 10.2 Å². The molecule has 0 N–H and O–H groups in total. The fraction of sp³-hybridized carbons (Fsp3) is 0.421. The molecule has 1 saturated heterocycles. The van der Waals surface area contributed by atoms with Crippen molar-refractivity contribution in [1.29, 1.82) is 0 Å². The first-order valence-electron chi connectivity index (χ1n) is 9.05. The molecule has 148 valence electrons. The van der Waals surface area contributed by atoms with Crippen molar-refractivity contribution >= 4 is 44.2 Å². The molecule has 1 unspecified atom stereocenters. The number of amides is 1. The number of benzene rings is 1. The molecule has 28 heavy (non-hydrogen) atoms. The van der Waals surface area contributed by atoms with E-state index < -0.39 is 0 Å². The van der Waals surface area contributed by atoms with Crippen LogP contribution in [0.3, 0.4) is 0 Å². The number of rotatable bonds is 5. The lowest BCUT2D eigenvalue weighted by Gasteiger charge is -2.22. The monoisotopic (exact) mass is 420 g/mol. The van der Waals surface area contributed by atoms with E-state index in [2.05, 4.69) is 10.1 Å². The van der Waals surface area contributed by atoms with Gasteiger partial charge in [0.05, 0.1) is 29.5 Å². The second-order valence-electron chi connectivity index (χ2n) is 6.77. The number of nitrogens with zero attached hydrogens (tertiary/aromatic N) is 4. The Balaban J connectivity index is 1.77. The first-order valence-corrected chi connectivity index (χ1v) is 10.2. The van der Waals surface area contributed by atoms with Crippen molar-refractivity contribution in [3.05, 3.63) is 34.6 Å². The van der Waals surface area contributed by atoms with Crippen molar-refractivity contribution in [2.45, 2.75) is 25.9 Å². The first-order chi connectivity index (χ1) is 13.5. The van der Waals surface area contributed by atoms with E-state index in [0.717, 1.165) is 29.8 Å². The molecule has 0 bridgehead atoms. The number of aromatic nitrogens is 3. The maximum Gasteiger partial charge on any atom is 0.280 e. The Kier molecular flexibility index (Phi) is 5.27. The summed E-state index contributed by atoms with van der Waals surface area (Å²) >= 11 is 7.74. The molecule has 3 heterocycles. The van der Waals surface area contributed by atoms with Crippen molar-refractivity contribution in [2.75, 3.05) is 25.2 Å². The number of thiazole rings is 1. The summed E-state index contributed by atoms with van der Waals surface area (Å²) in [6, 6.07) is 5.34. The standard InChI is InChI=1S/C19H21ClN4O3S/c1-11-9-14(22-23(11)2)18(25)24(10-12-5-4-8-27-12)19-21-16-15(26-3)7-6-13(20)17(16)28-19/h6-7,9,12H,4-5,8,10H2,1-3H3. The fourth-order valence-corrected chi connectivity index (χ4v) is 4.53. The number of aryl methyl sites for hydroxylation is 2. The van der Waals surface area contributed by atoms with Crippen LogP contribution in [-0.2, 0) is 11.8 Å². The molecule has 1 atom stereocenters. The lowest BCUT2D eigenvalue weighted by atomic mass is 10.2. The maximum atomic E-state index is 13.3. The molecular formula is C19H21ClN4O3S. The number of anilines is 1. The van der Waals surface area contributed by atoms with Gasteiger partial charge in [-0.3, -0.25) is 14.4 Å². The summed E-state index contributed by atoms with van der Waals surface area (Å²) in [5.41, 5.74) is 1.95. The summed E-state index contributed by atoms with van der Waals surface area (Å²) < 4.78 is 13.7. The fourth-order valence-electron chi connectivity index (χ4n) is 3.26. The smallest absolute Gasteiger partial charge is 0.280 e. The normalized spacial score (nSPS) is 16.6. The third-order valence-electron chi connectivity index (χ3n) is 4.89. The van der Waals surface area contributed by atoms with Crippen LogP contribution in [0.5, 0.6) is 5.75 Å². The average molecular weight is 421 g/mol. The molecule has 0 radical (unpaired) electrons. The number of hydrogen-bond acceptors (Lipinski definition) is 6. The van der Waals surface area contributed by atoms with Gasteiger partial charge < -0.3 is 9.47 Å². The zero-order chi connectivity index (χ0) is 19.8. The zero-order valence-electron chi connectivity index (χ0n) is 15.9. The number of hydrogen-bond donors (Lipinski definition) is 0. The highest BCUT2D eigenvalue weighted by molar-refractivity contribution is 7.23. The number of fused-ring (bicyclic) bond motifs is 1. The van der Waals surface area contributed by atoms with Gasteiger partial charge >= 0.3 is 0 Å². The molecule has 1 aliphatic rings. The van der Waals surface area contributed by atoms with Crippen molar-refractivity contribution in [3.63, 3.8) is 0 Å². The highest BCUT2D eigenvalue weighted by Gasteiger charge is 2.29. The van der Waals surface area contributed by atoms with Gasteiger partial charge in [0.25, 0.3) is 5.91 Å². The SMILES string of the molecule is COc1ccc(Cl)c2sc(N(CC3CCCO3)C(=O)c3cc(C)n(C)n3)nc12. The maximum absolute atomic E-state index is 13.3. The molecule has 7 nitrogen and oxygen atoms in total. The van der Waals surface area contributed by atoms with Gasteiger partial charge in [0.15, 0.2) is 10.8 Å². The van der Waals surface area contributed by atoms with E-state index in [1.54, 1.807) is 34.9 Å². The molecule has 1 fully saturated rings. The Bertz CT molecular complexity index is 1010. The van der Waals surface area contributed by atoms with E-state index in [0.29, 0.717) is 33.7 Å². The highest BCUT2D eigenvalue weighted by Crippen LogP contribution is 2.39. The topological polar surface area (TPSA) is 69.5 Å². The van der Waals surface area contributed by atoms with E-state index in [4.69, 9.17) is 21.1 Å². The van der Waals surface area contributed by atoms with Crippen LogP contribution in [0.2, 0.25) is 5.02 Å². The van der Waals surface area contributed by atoms with Gasteiger partial charge in [-0.1, -0.05) is 22.9 Å². The number of halogens is 1. The van der Waals surface area contributed by atoms with E-state index in [1.807, 2.05) is 14.0 Å². The van der Waals surface area contributed by atoms with Crippen LogP contribution >= 0.6 is 22.9 Å². The van der Waals surface area contributed by atoms with Gasteiger partial charge in [0, 0.05) is 19.3 Å². The van der Waals surface area contributed by atoms with Crippen LogP contribution < -0.4 is 9.64 Å². The summed E-state index contributed by atoms with van der Waals surface area (Å²) in [7, 11) is 3.41. The number of methoxy groups -OCH3 is 1. The molecular weight excluding hydrogens is 400 g/mol. The minimum atomic E-state index is -0.201. The van der Waals surface area contributed by atoms with Crippen LogP contribution in [0, 0.1) is 6.92 Å². The Morgan fingerprint density at radius 2 is 2.32 bits per heavy atom. The van der Waals surface area contributed by atoms with E-state index >= 15 is 0 Å². The third kappa shape index (κ3) is 3.47. The second kappa shape index (κ2) is 7.69. The molecule has 2 aromatic heterocycles. The zero-order valence-corrected chi connectivity index (χ0v) is 17.5. The predicted octanol–water partition coefficient (Wildman–Crippen LogP) is 3.83. The minimum Gasteiger partial charge on any atom is -0.494 e. The van der Waals surface area contributed by atoms with Crippen LogP contribution in [0.1, 0.15) is 29.0 Å². The van der Waals surface area contributed by atoms with Crippen LogP contribution in [0.15, 0.2) is 18.2 Å². The Morgan fingerprint density at radius 3 is 2.96 bits per heavy atom. The van der Waals surface area contributed by atoms with Crippen molar-refractivity contribution < 1.29 is 14.3 Å². The van der Waals surface area contributed by atoms with Crippen LogP contribution in [-0.4, -0.2) is 47.0 Å². The molecule has 0 saturated carbocycles. The van der Waals surface area contributed by atoms with Gasteiger partial charge in [-0.15, -0.1) is 0 Å². The Morgan fingerprint density at radius 1 is 1.50 bits per heavy atom. The number of carbonyl (C=O) groups is 1. The molecule has 0 spiro atoms. The summed E-state index contributed by atoms with van der Waals surface area (Å²) in [6.45, 7) is 3.06. The largest absolute Gasteiger partial charge is 0.494 e. The molecule has 3 aromatic rings. The third-order valence-corrected chi connectivity index (χ3v) is 6.42. The second-order valence-corrected chi connectivity index (χ2v) is 8.15. The average Bonchev–Trinajstić information content (AvgIpc) is 3.41. The predicted molar refractivity (Wildman–Crippen MR) is 110 cm³/mol. The summed E-state index contributed by atoms with van der Waals surface area (Å²) in [6.07, 6.45) is 1.90. The van der Waals surface area contributed by atoms with Gasteiger partial charge in [-0.25, -0.2) is 4.98 Å². The van der Waals surface area contributed by atoms with Crippen LogP contribution in [0.4, 0.5) is 5.13 Å². The molecule has 1 amide bonds. The number of ether oxygens (including phenoxy) is 2. The van der Waals surface area contributed by atoms with Crippen molar-refractivity contribution in [2.24, 2.45) is 7.05 Å². The highest BCUT2D eigenvalue weighted by atomic mass is 35.5. The summed E-state index contributed by atoms with van der Waals surface area (Å²) in [5.74, 6) is 0.424. The summed E-state index contributed by atoms with van der Waals surface area (Å²) in [5, 5.41) is 5.49. The molecule has 1 aromatic carbocycles. The van der Waals surface area contributed by atoms with Gasteiger partial charge in [-0.05, 0) is 38.0 Å². The molecule has 1 aliphatic heterocycles. The minimum absolute atomic E-state index is 0.0156. The van der Waals surface area contributed by atoms with Gasteiger partial charge in [0.2, 0.25) is 0 Å². The quantitative estimate of drug-likeness (QED) is 0.627. The molecule has 4 rings (SSSR count). The Labute approximate surface area is 171 Å². The van der Waals surface area contributed by atoms with E-state index in [1.165, 1.54) is 11.3 Å². The van der Waals surface area contributed by atoms with Crippen molar-refractivity contribution in [3.8, 4) is 5.75 Å². The number of carbonyl (C=O) groups excluding carboxylic acids is 1. The lowest BCUT2D eigenvalue weighted by molar-refractivity contribution is 0.0913. The van der Waals surface area contributed by atoms with E-state index in [-0.39, 0.29) is 12.0 Å². The first kappa shape index (κ1) is 19.2. The molecule has 9 heteroatoms. The Hall–Kier alpha value is -2.16.